The van der Waals surface area contributed by atoms with Gasteiger partial charge in [0.05, 0.1) is 0 Å². The summed E-state index contributed by atoms with van der Waals surface area (Å²) in [5.41, 5.74) is 6.58. The molecule has 5 heteroatoms. The molecule has 0 aromatic heterocycles. The van der Waals surface area contributed by atoms with Crippen LogP contribution in [0.25, 0.3) is 0 Å². The Morgan fingerprint density at radius 3 is 2.80 bits per heavy atom. The Bertz CT molecular complexity index is 459. The van der Waals surface area contributed by atoms with Gasteiger partial charge < -0.3 is 20.7 Å². The third kappa shape index (κ3) is 2.88. The van der Waals surface area contributed by atoms with Crippen LogP contribution in [0.15, 0.2) is 24.3 Å². The molecular formula is C15H21N3O2. The molecular weight excluding hydrogens is 254 g/mol. The maximum Gasteiger partial charge on any atom is 0.314 e. The summed E-state index contributed by atoms with van der Waals surface area (Å²) in [6.45, 7) is 2.35. The van der Waals surface area contributed by atoms with E-state index in [-0.39, 0.29) is 12.1 Å². The Hall–Kier alpha value is -1.75. The van der Waals surface area contributed by atoms with Gasteiger partial charge in [0.1, 0.15) is 11.9 Å². The number of amides is 2. The zero-order chi connectivity index (χ0) is 13.9. The van der Waals surface area contributed by atoms with Gasteiger partial charge in [-0.25, -0.2) is 4.79 Å². The molecule has 2 heterocycles. The number of piperidine rings is 1. The summed E-state index contributed by atoms with van der Waals surface area (Å²) in [6, 6.07) is 8.36. The minimum absolute atomic E-state index is 0.224. The van der Waals surface area contributed by atoms with Crippen molar-refractivity contribution in [3.05, 3.63) is 29.8 Å². The van der Waals surface area contributed by atoms with Crippen molar-refractivity contribution in [2.45, 2.75) is 31.4 Å². The van der Waals surface area contributed by atoms with Crippen molar-refractivity contribution in [2.75, 3.05) is 19.6 Å². The van der Waals surface area contributed by atoms with E-state index in [0.29, 0.717) is 6.04 Å². The third-order valence-corrected chi connectivity index (χ3v) is 4.15. The van der Waals surface area contributed by atoms with E-state index in [0.717, 1.165) is 44.6 Å². The number of carbonyl (C=O) groups is 1. The Balaban J connectivity index is 1.43. The van der Waals surface area contributed by atoms with Gasteiger partial charge in [0.2, 0.25) is 0 Å². The minimum atomic E-state index is -0.307. The van der Waals surface area contributed by atoms with E-state index in [1.165, 1.54) is 5.56 Å². The second-order valence-corrected chi connectivity index (χ2v) is 5.56. The van der Waals surface area contributed by atoms with Crippen LogP contribution in [-0.4, -0.2) is 42.7 Å². The highest BCUT2D eigenvalue weighted by molar-refractivity contribution is 5.72. The summed E-state index contributed by atoms with van der Waals surface area (Å²) >= 11 is 0. The van der Waals surface area contributed by atoms with E-state index in [1.807, 2.05) is 12.1 Å². The first kappa shape index (κ1) is 13.2. The van der Waals surface area contributed by atoms with Crippen LogP contribution < -0.4 is 15.8 Å². The summed E-state index contributed by atoms with van der Waals surface area (Å²) in [5.74, 6) is 1.02. The van der Waals surface area contributed by atoms with E-state index in [4.69, 9.17) is 10.5 Å². The fourth-order valence-corrected chi connectivity index (χ4v) is 2.97. The second-order valence-electron chi connectivity index (χ2n) is 5.56. The highest BCUT2D eigenvalue weighted by Crippen LogP contribution is 2.27. The van der Waals surface area contributed by atoms with Crippen LogP contribution in [0.2, 0.25) is 0 Å². The van der Waals surface area contributed by atoms with E-state index >= 15 is 0 Å². The van der Waals surface area contributed by atoms with Gasteiger partial charge in [0.15, 0.2) is 0 Å². The molecule has 3 rings (SSSR count). The van der Waals surface area contributed by atoms with Crippen molar-refractivity contribution in [2.24, 2.45) is 5.73 Å². The molecule has 1 aromatic rings. The lowest BCUT2D eigenvalue weighted by atomic mass is 10.0. The minimum Gasteiger partial charge on any atom is -0.488 e. The first-order chi connectivity index (χ1) is 9.72. The molecule has 1 fully saturated rings. The number of para-hydroxylation sites is 1. The summed E-state index contributed by atoms with van der Waals surface area (Å²) in [6.07, 6.45) is 3.12. The van der Waals surface area contributed by atoms with Gasteiger partial charge in [0.25, 0.3) is 0 Å². The average Bonchev–Trinajstić information content (AvgIpc) is 2.88. The van der Waals surface area contributed by atoms with E-state index in [9.17, 15) is 4.79 Å². The summed E-state index contributed by atoms with van der Waals surface area (Å²) in [4.78, 5) is 12.8. The fourth-order valence-electron chi connectivity index (χ4n) is 2.97. The molecule has 0 spiro atoms. The Labute approximate surface area is 119 Å². The van der Waals surface area contributed by atoms with Gasteiger partial charge in [-0.2, -0.15) is 0 Å². The molecule has 1 aromatic carbocycles. The number of rotatable bonds is 3. The molecule has 2 amide bonds. The highest BCUT2D eigenvalue weighted by Gasteiger charge is 2.25. The van der Waals surface area contributed by atoms with Gasteiger partial charge in [0, 0.05) is 32.1 Å². The van der Waals surface area contributed by atoms with Crippen molar-refractivity contribution in [1.29, 1.82) is 0 Å². The van der Waals surface area contributed by atoms with Gasteiger partial charge in [-0.1, -0.05) is 18.2 Å². The number of ether oxygens (including phenoxy) is 1. The van der Waals surface area contributed by atoms with Crippen molar-refractivity contribution in [3.8, 4) is 5.75 Å². The zero-order valence-corrected chi connectivity index (χ0v) is 11.5. The number of benzene rings is 1. The maximum atomic E-state index is 11.1. The van der Waals surface area contributed by atoms with Crippen molar-refractivity contribution in [1.82, 2.24) is 10.2 Å². The summed E-state index contributed by atoms with van der Waals surface area (Å²) in [5, 5.41) is 3.55. The molecule has 1 atom stereocenters. The van der Waals surface area contributed by atoms with Crippen LogP contribution in [0.5, 0.6) is 5.75 Å². The molecule has 2 aliphatic heterocycles. The van der Waals surface area contributed by atoms with E-state index < -0.39 is 0 Å². The first-order valence-electron chi connectivity index (χ1n) is 7.24. The number of primary amides is 1. The molecule has 0 bridgehead atoms. The SMILES string of the molecule is NC(=O)N1CCC(NCC2Cc3ccccc3O2)CC1. The lowest BCUT2D eigenvalue weighted by Gasteiger charge is -2.31. The fraction of sp³-hybridized carbons (Fsp3) is 0.533. The van der Waals surface area contributed by atoms with Gasteiger partial charge in [-0.05, 0) is 24.5 Å². The number of urea groups is 1. The van der Waals surface area contributed by atoms with E-state index in [1.54, 1.807) is 4.90 Å². The van der Waals surface area contributed by atoms with Crippen LogP contribution >= 0.6 is 0 Å². The Kier molecular flexibility index (Phi) is 3.78. The maximum absolute atomic E-state index is 11.1. The molecule has 108 valence electrons. The number of carbonyl (C=O) groups excluding carboxylic acids is 1. The van der Waals surface area contributed by atoms with Crippen LogP contribution in [0, 0.1) is 0 Å². The molecule has 1 unspecified atom stereocenters. The van der Waals surface area contributed by atoms with Crippen LogP contribution in [0.3, 0.4) is 0 Å². The number of nitrogens with zero attached hydrogens (tertiary/aromatic N) is 1. The molecule has 0 aliphatic carbocycles. The normalized spacial score (nSPS) is 22.4. The van der Waals surface area contributed by atoms with Crippen molar-refractivity contribution in [3.63, 3.8) is 0 Å². The van der Waals surface area contributed by atoms with E-state index in [2.05, 4.69) is 17.4 Å². The summed E-state index contributed by atoms with van der Waals surface area (Å²) in [7, 11) is 0. The van der Waals surface area contributed by atoms with Crippen LogP contribution in [0.4, 0.5) is 4.79 Å². The quantitative estimate of drug-likeness (QED) is 0.868. The van der Waals surface area contributed by atoms with Gasteiger partial charge >= 0.3 is 6.03 Å². The standard InChI is InChI=1S/C15H21N3O2/c16-15(19)18-7-5-12(6-8-18)17-10-13-9-11-3-1-2-4-14(11)20-13/h1-4,12-13,17H,5-10H2,(H2,16,19). The molecule has 1 saturated heterocycles. The molecule has 0 radical (unpaired) electrons. The van der Waals surface area contributed by atoms with Crippen LogP contribution in [0.1, 0.15) is 18.4 Å². The predicted molar refractivity (Wildman–Crippen MR) is 76.7 cm³/mol. The van der Waals surface area contributed by atoms with Gasteiger partial charge in [-0.15, -0.1) is 0 Å². The lowest BCUT2D eigenvalue weighted by molar-refractivity contribution is 0.175. The number of hydrogen-bond acceptors (Lipinski definition) is 3. The molecule has 5 nitrogen and oxygen atoms in total. The number of nitrogens with one attached hydrogen (secondary N) is 1. The molecule has 3 N–H and O–H groups in total. The lowest BCUT2D eigenvalue weighted by Crippen LogP contribution is -2.48. The van der Waals surface area contributed by atoms with Crippen molar-refractivity contribution >= 4 is 6.03 Å². The first-order valence-corrected chi connectivity index (χ1v) is 7.24. The second kappa shape index (κ2) is 5.71. The van der Waals surface area contributed by atoms with Crippen LogP contribution in [-0.2, 0) is 6.42 Å². The third-order valence-electron chi connectivity index (χ3n) is 4.15. The topological polar surface area (TPSA) is 67.6 Å². The predicted octanol–water partition coefficient (Wildman–Crippen LogP) is 1.12. The Morgan fingerprint density at radius 2 is 2.10 bits per heavy atom. The Morgan fingerprint density at radius 1 is 1.35 bits per heavy atom. The largest absolute Gasteiger partial charge is 0.488 e. The number of fused-ring (bicyclic) bond motifs is 1. The average molecular weight is 275 g/mol. The summed E-state index contributed by atoms with van der Waals surface area (Å²) < 4.78 is 5.91. The molecule has 20 heavy (non-hydrogen) atoms. The van der Waals surface area contributed by atoms with Crippen molar-refractivity contribution < 1.29 is 9.53 Å². The zero-order valence-electron chi connectivity index (χ0n) is 11.5. The molecule has 2 aliphatic rings. The smallest absolute Gasteiger partial charge is 0.314 e. The van der Waals surface area contributed by atoms with Gasteiger partial charge in [-0.3, -0.25) is 0 Å². The number of nitrogens with two attached hydrogens (primary N) is 1. The number of hydrogen-bond donors (Lipinski definition) is 2. The number of likely N-dealkylation sites (tertiary alicyclic amines) is 1. The monoisotopic (exact) mass is 275 g/mol. The highest BCUT2D eigenvalue weighted by atomic mass is 16.5. The molecule has 0 saturated carbocycles.